The molecule has 2 aromatic rings. The summed E-state index contributed by atoms with van der Waals surface area (Å²) in [4.78, 5) is 43.4. The van der Waals surface area contributed by atoms with Crippen LogP contribution in [0.15, 0.2) is 48.5 Å². The van der Waals surface area contributed by atoms with Crippen LogP contribution < -0.4 is 10.1 Å². The Hall–Kier alpha value is -3.59. The fourth-order valence-corrected chi connectivity index (χ4v) is 5.34. The van der Waals surface area contributed by atoms with Crippen LogP contribution in [0.2, 0.25) is 0 Å². The molecule has 42 heavy (non-hydrogen) atoms. The van der Waals surface area contributed by atoms with E-state index in [2.05, 4.69) is 24.1 Å². The monoisotopic (exact) mass is 580 g/mol. The molecule has 1 aliphatic heterocycles. The van der Waals surface area contributed by atoms with Crippen LogP contribution in [0.1, 0.15) is 82.2 Å². The molecule has 0 aliphatic carbocycles. The highest BCUT2D eigenvalue weighted by Gasteiger charge is 2.63. The van der Waals surface area contributed by atoms with Gasteiger partial charge in [-0.2, -0.15) is 0 Å². The number of aryl methyl sites for hydroxylation is 1. The number of likely N-dealkylation sites (tertiary alicyclic amines) is 1. The smallest absolute Gasteiger partial charge is 0.409 e. The van der Waals surface area contributed by atoms with E-state index in [0.717, 1.165) is 29.5 Å². The van der Waals surface area contributed by atoms with Crippen molar-refractivity contribution in [2.45, 2.75) is 78.6 Å². The van der Waals surface area contributed by atoms with Gasteiger partial charge in [0.1, 0.15) is 17.8 Å². The van der Waals surface area contributed by atoms with Crippen molar-refractivity contribution in [2.75, 3.05) is 34.3 Å². The van der Waals surface area contributed by atoms with Gasteiger partial charge >= 0.3 is 12.1 Å². The zero-order valence-corrected chi connectivity index (χ0v) is 26.5. The summed E-state index contributed by atoms with van der Waals surface area (Å²) in [6.07, 6.45) is 1.75. The second-order valence-electron chi connectivity index (χ2n) is 11.4. The molecule has 3 rings (SSSR count). The summed E-state index contributed by atoms with van der Waals surface area (Å²) in [6, 6.07) is 15.3. The fourth-order valence-electron chi connectivity index (χ4n) is 5.34. The van der Waals surface area contributed by atoms with E-state index < -0.39 is 17.7 Å². The third-order valence-electron chi connectivity index (χ3n) is 8.49. The molecule has 4 amide bonds. The average molecular weight is 581 g/mol. The number of hydrogen-bond donors (Lipinski definition) is 1. The van der Waals surface area contributed by atoms with Gasteiger partial charge in [-0.15, -0.1) is 0 Å². The highest BCUT2D eigenvalue weighted by Crippen LogP contribution is 2.46. The molecule has 0 aromatic heterocycles. The second kappa shape index (κ2) is 14.5. The zero-order valence-electron chi connectivity index (χ0n) is 26.5. The maximum Gasteiger partial charge on any atom is 0.409 e. The Kier molecular flexibility index (Phi) is 11.4. The minimum absolute atomic E-state index is 0.0762. The number of carbonyl (C=O) groups is 3. The number of nitrogens with one attached hydrogen (secondary N) is 1. The summed E-state index contributed by atoms with van der Waals surface area (Å²) < 4.78 is 11.6. The van der Waals surface area contributed by atoms with Gasteiger partial charge in [0.15, 0.2) is 6.23 Å². The number of hydrogen-bond acceptors (Lipinski definition) is 6. The highest BCUT2D eigenvalue weighted by molar-refractivity contribution is 6.03. The van der Waals surface area contributed by atoms with E-state index in [1.165, 1.54) is 9.80 Å². The fraction of sp³-hybridized carbons (Fsp3) is 0.545. The minimum atomic E-state index is -0.752. The van der Waals surface area contributed by atoms with E-state index in [1.807, 2.05) is 76.3 Å². The quantitative estimate of drug-likeness (QED) is 0.280. The summed E-state index contributed by atoms with van der Waals surface area (Å²) in [5.74, 6) is 0.398. The van der Waals surface area contributed by atoms with Crippen molar-refractivity contribution in [3.05, 3.63) is 65.2 Å². The van der Waals surface area contributed by atoms with Gasteiger partial charge in [0.2, 0.25) is 5.91 Å². The molecule has 3 atom stereocenters. The summed E-state index contributed by atoms with van der Waals surface area (Å²) >= 11 is 0. The van der Waals surface area contributed by atoms with Crippen molar-refractivity contribution in [1.82, 2.24) is 20.0 Å². The Labute approximate surface area is 251 Å². The number of carbonyl (C=O) groups excluding carboxylic acids is 3. The molecule has 1 heterocycles. The number of β-lactam (4-membered cyclic amide) rings is 1. The van der Waals surface area contributed by atoms with Crippen molar-refractivity contribution in [1.29, 1.82) is 0 Å². The van der Waals surface area contributed by atoms with E-state index >= 15 is 0 Å². The molecule has 0 saturated carbocycles. The van der Waals surface area contributed by atoms with Crippen LogP contribution in [0.25, 0.3) is 0 Å². The number of imide groups is 1. The summed E-state index contributed by atoms with van der Waals surface area (Å²) in [5, 5.41) is 3.10. The molecule has 0 spiro atoms. The third-order valence-corrected chi connectivity index (χ3v) is 8.49. The molecule has 1 saturated heterocycles. The molecule has 1 unspecified atom stereocenters. The van der Waals surface area contributed by atoms with Gasteiger partial charge in [-0.25, -0.2) is 14.5 Å². The molecular weight excluding hydrogens is 532 g/mol. The van der Waals surface area contributed by atoms with Gasteiger partial charge in [0, 0.05) is 26.7 Å². The molecule has 2 aromatic carbocycles. The Morgan fingerprint density at radius 1 is 0.976 bits per heavy atom. The van der Waals surface area contributed by atoms with Gasteiger partial charge in [-0.1, -0.05) is 69.2 Å². The lowest BCUT2D eigenvalue weighted by atomic mass is 9.72. The predicted molar refractivity (Wildman–Crippen MR) is 164 cm³/mol. The van der Waals surface area contributed by atoms with Gasteiger partial charge < -0.3 is 19.7 Å². The lowest BCUT2D eigenvalue weighted by Crippen LogP contribution is -2.73. The molecule has 0 bridgehead atoms. The van der Waals surface area contributed by atoms with Crippen molar-refractivity contribution in [3.63, 3.8) is 0 Å². The molecule has 9 nitrogen and oxygen atoms in total. The van der Waals surface area contributed by atoms with E-state index in [9.17, 15) is 14.4 Å². The Morgan fingerprint density at radius 2 is 1.57 bits per heavy atom. The van der Waals surface area contributed by atoms with E-state index in [-0.39, 0.29) is 24.1 Å². The first-order chi connectivity index (χ1) is 20.0. The molecule has 1 aliphatic rings. The summed E-state index contributed by atoms with van der Waals surface area (Å²) in [7, 11) is 5.29. The Balaban J connectivity index is 1.71. The molecule has 1 fully saturated rings. The van der Waals surface area contributed by atoms with Crippen molar-refractivity contribution >= 4 is 18.0 Å². The maximum absolute atomic E-state index is 13.5. The summed E-state index contributed by atoms with van der Waals surface area (Å²) in [6.45, 7) is 11.0. The van der Waals surface area contributed by atoms with Gasteiger partial charge in [-0.3, -0.25) is 9.69 Å². The molecular formula is C33H48N4O5. The lowest BCUT2D eigenvalue weighted by Gasteiger charge is -2.53. The number of rotatable bonds is 13. The van der Waals surface area contributed by atoms with E-state index in [0.29, 0.717) is 31.7 Å². The van der Waals surface area contributed by atoms with Crippen molar-refractivity contribution in [3.8, 4) is 5.75 Å². The highest BCUT2D eigenvalue weighted by atomic mass is 16.6. The largest absolute Gasteiger partial charge is 0.469 e. The van der Waals surface area contributed by atoms with Crippen LogP contribution in [0.4, 0.5) is 9.59 Å². The van der Waals surface area contributed by atoms with Crippen molar-refractivity contribution < 1.29 is 23.9 Å². The number of urea groups is 1. The number of likely N-dealkylation sites (N-methyl/N-ethyl adjacent to an activating group) is 1. The topological polar surface area (TPSA) is 91.4 Å². The third kappa shape index (κ3) is 7.24. The standard InChI is InChI=1S/C33H48N4O5/c1-9-12-28(26-15-13-23(4)14-16-26)34-31(39)37-29(38)33(10-2,11-3)30(37)42-27-19-17-25(18-20-27)24(5)36(8)21-22-41-32(40)35(6)7/h13-20,24,28,30H,9-12,21-22H2,1-8H3,(H,34,39)/t24-,28?,30+/m1/s1. The van der Waals surface area contributed by atoms with Gasteiger partial charge in [-0.05, 0) is 63.4 Å². The SMILES string of the molecule is CCCC(NC(=O)N1C(=O)C(CC)(CC)[C@@H]1Oc1ccc([C@@H](C)N(C)CCOC(=O)N(C)C)cc1)c1ccc(C)cc1. The Morgan fingerprint density at radius 3 is 2.12 bits per heavy atom. The zero-order chi connectivity index (χ0) is 31.0. The summed E-state index contributed by atoms with van der Waals surface area (Å²) in [5.41, 5.74) is 2.49. The average Bonchev–Trinajstić information content (AvgIpc) is 2.97. The van der Waals surface area contributed by atoms with Crippen LogP contribution in [-0.4, -0.2) is 73.3 Å². The Bertz CT molecular complexity index is 1190. The predicted octanol–water partition coefficient (Wildman–Crippen LogP) is 6.29. The number of ether oxygens (including phenoxy) is 2. The molecule has 1 N–H and O–H groups in total. The maximum atomic E-state index is 13.5. The van der Waals surface area contributed by atoms with Crippen LogP contribution >= 0.6 is 0 Å². The van der Waals surface area contributed by atoms with Gasteiger partial charge in [0.25, 0.3) is 0 Å². The number of nitrogens with zero attached hydrogens (tertiary/aromatic N) is 3. The normalized spacial score (nSPS) is 17.3. The van der Waals surface area contributed by atoms with Crippen LogP contribution in [0.5, 0.6) is 5.75 Å². The molecule has 9 heteroatoms. The van der Waals surface area contributed by atoms with Crippen molar-refractivity contribution in [2.24, 2.45) is 5.41 Å². The van der Waals surface area contributed by atoms with Crippen LogP contribution in [-0.2, 0) is 9.53 Å². The van der Waals surface area contributed by atoms with E-state index in [1.54, 1.807) is 14.1 Å². The molecule has 230 valence electrons. The first-order valence-corrected chi connectivity index (χ1v) is 15.0. The minimum Gasteiger partial charge on any atom is -0.469 e. The lowest BCUT2D eigenvalue weighted by molar-refractivity contribution is -0.191. The number of amides is 4. The van der Waals surface area contributed by atoms with Gasteiger partial charge in [0.05, 0.1) is 6.04 Å². The first kappa shape index (κ1) is 32.9. The first-order valence-electron chi connectivity index (χ1n) is 15.0. The molecule has 0 radical (unpaired) electrons. The second-order valence-corrected chi connectivity index (χ2v) is 11.4. The van der Waals surface area contributed by atoms with Crippen LogP contribution in [0.3, 0.4) is 0 Å². The number of benzene rings is 2. The van der Waals surface area contributed by atoms with E-state index in [4.69, 9.17) is 9.47 Å². The van der Waals surface area contributed by atoms with Crippen LogP contribution in [0, 0.1) is 12.3 Å².